The number of nitrogens with one attached hydrogen (secondary N) is 1. The molecule has 1 saturated carbocycles. The molecule has 0 radical (unpaired) electrons. The standard InChI is InChI=1S/C21H35N3O/c22-17-19(18-24-15-11-8-12-16-24)21(25)23-20-13-9-6-4-2-1-3-5-7-10-14-20/h18,20H,1-16H2,(H,23,25)/b19-18-. The van der Waals surface area contributed by atoms with Crippen LogP contribution < -0.4 is 5.32 Å². The molecule has 0 spiro atoms. The summed E-state index contributed by atoms with van der Waals surface area (Å²) in [5.74, 6) is -0.176. The van der Waals surface area contributed by atoms with E-state index in [2.05, 4.69) is 16.3 Å². The van der Waals surface area contributed by atoms with Crippen LogP contribution in [0.5, 0.6) is 0 Å². The summed E-state index contributed by atoms with van der Waals surface area (Å²) in [4.78, 5) is 14.7. The molecule has 0 atom stereocenters. The van der Waals surface area contributed by atoms with Gasteiger partial charge in [-0.2, -0.15) is 5.26 Å². The number of carbonyl (C=O) groups is 1. The van der Waals surface area contributed by atoms with E-state index in [1.54, 1.807) is 6.20 Å². The maximum Gasteiger partial charge on any atom is 0.263 e. The molecule has 4 heteroatoms. The molecule has 2 fully saturated rings. The molecular formula is C21H35N3O. The maximum atomic E-state index is 12.6. The lowest BCUT2D eigenvalue weighted by Crippen LogP contribution is -2.36. The van der Waals surface area contributed by atoms with E-state index >= 15 is 0 Å². The summed E-state index contributed by atoms with van der Waals surface area (Å²) in [6.07, 6.45) is 19.1. The number of likely N-dealkylation sites (tertiary alicyclic amines) is 1. The van der Waals surface area contributed by atoms with Crippen LogP contribution in [-0.2, 0) is 4.79 Å². The zero-order chi connectivity index (χ0) is 17.7. The molecule has 0 unspecified atom stereocenters. The van der Waals surface area contributed by atoms with Crippen LogP contribution in [-0.4, -0.2) is 29.9 Å². The molecule has 1 N–H and O–H groups in total. The first-order chi connectivity index (χ1) is 12.3. The minimum absolute atomic E-state index is 0.176. The van der Waals surface area contributed by atoms with Gasteiger partial charge in [0.1, 0.15) is 11.6 Å². The van der Waals surface area contributed by atoms with Crippen LogP contribution >= 0.6 is 0 Å². The van der Waals surface area contributed by atoms with Gasteiger partial charge in [0.15, 0.2) is 0 Å². The van der Waals surface area contributed by atoms with E-state index in [0.717, 1.165) is 38.8 Å². The number of rotatable bonds is 3. The molecule has 4 nitrogen and oxygen atoms in total. The highest BCUT2D eigenvalue weighted by molar-refractivity contribution is 5.97. The van der Waals surface area contributed by atoms with Crippen LogP contribution in [0.4, 0.5) is 0 Å². The number of carbonyl (C=O) groups excluding carboxylic acids is 1. The molecule has 25 heavy (non-hydrogen) atoms. The van der Waals surface area contributed by atoms with Gasteiger partial charge in [-0.1, -0.05) is 57.8 Å². The first-order valence-corrected chi connectivity index (χ1v) is 10.5. The van der Waals surface area contributed by atoms with Crippen LogP contribution in [0.2, 0.25) is 0 Å². The highest BCUT2D eigenvalue weighted by atomic mass is 16.1. The maximum absolute atomic E-state index is 12.6. The molecule has 0 aromatic rings. The van der Waals surface area contributed by atoms with E-state index < -0.39 is 0 Å². The fourth-order valence-electron chi connectivity index (χ4n) is 3.94. The van der Waals surface area contributed by atoms with Gasteiger partial charge in [0.2, 0.25) is 0 Å². The number of hydrogen-bond acceptors (Lipinski definition) is 3. The van der Waals surface area contributed by atoms with E-state index in [-0.39, 0.29) is 17.5 Å². The van der Waals surface area contributed by atoms with Gasteiger partial charge in [-0.15, -0.1) is 0 Å². The average molecular weight is 346 g/mol. The average Bonchev–Trinajstić information content (AvgIpc) is 2.62. The van der Waals surface area contributed by atoms with Crippen molar-refractivity contribution in [3.63, 3.8) is 0 Å². The smallest absolute Gasteiger partial charge is 0.263 e. The lowest BCUT2D eigenvalue weighted by Gasteiger charge is -2.25. The van der Waals surface area contributed by atoms with Crippen molar-refractivity contribution in [3.8, 4) is 6.07 Å². The number of nitrogens with zero attached hydrogens (tertiary/aromatic N) is 2. The number of hydrogen-bond donors (Lipinski definition) is 1. The van der Waals surface area contributed by atoms with Crippen molar-refractivity contribution in [2.45, 2.75) is 95.9 Å². The van der Waals surface area contributed by atoms with Crippen LogP contribution in [0.25, 0.3) is 0 Å². The van der Waals surface area contributed by atoms with E-state index in [0.29, 0.717) is 0 Å². The Morgan fingerprint density at radius 2 is 1.32 bits per heavy atom. The molecule has 0 aromatic heterocycles. The fraction of sp³-hybridized carbons (Fsp3) is 0.810. The Morgan fingerprint density at radius 3 is 1.84 bits per heavy atom. The topological polar surface area (TPSA) is 56.1 Å². The van der Waals surface area contributed by atoms with E-state index in [9.17, 15) is 10.1 Å². The predicted octanol–water partition coefficient (Wildman–Crippen LogP) is 4.67. The van der Waals surface area contributed by atoms with E-state index in [1.807, 2.05) is 0 Å². The van der Waals surface area contributed by atoms with Crippen LogP contribution in [0, 0.1) is 11.3 Å². The second-order valence-corrected chi connectivity index (χ2v) is 7.68. The molecular weight excluding hydrogens is 310 g/mol. The highest BCUT2D eigenvalue weighted by Crippen LogP contribution is 2.17. The molecule has 0 aromatic carbocycles. The Labute approximate surface area is 153 Å². The van der Waals surface area contributed by atoms with Gasteiger partial charge in [-0.05, 0) is 32.1 Å². The molecule has 2 aliphatic rings. The Kier molecular flexibility index (Phi) is 9.47. The normalized spacial score (nSPS) is 22.4. The third kappa shape index (κ3) is 7.94. The molecule has 1 aliphatic carbocycles. The molecule has 140 valence electrons. The van der Waals surface area contributed by atoms with E-state index in [1.165, 1.54) is 64.2 Å². The van der Waals surface area contributed by atoms with Crippen molar-refractivity contribution in [3.05, 3.63) is 11.8 Å². The van der Waals surface area contributed by atoms with Crippen LogP contribution in [0.1, 0.15) is 89.9 Å². The minimum Gasteiger partial charge on any atom is -0.376 e. The SMILES string of the molecule is N#C/C(=C/N1CCCCC1)C(=O)NC1CCCCCCCCCCC1. The summed E-state index contributed by atoms with van der Waals surface area (Å²) in [7, 11) is 0. The fourth-order valence-corrected chi connectivity index (χ4v) is 3.94. The largest absolute Gasteiger partial charge is 0.376 e. The van der Waals surface area contributed by atoms with Gasteiger partial charge in [-0.25, -0.2) is 0 Å². The second-order valence-electron chi connectivity index (χ2n) is 7.68. The minimum atomic E-state index is -0.176. The van der Waals surface area contributed by atoms with Crippen molar-refractivity contribution >= 4 is 5.91 Å². The molecule has 0 bridgehead atoms. The predicted molar refractivity (Wildman–Crippen MR) is 102 cm³/mol. The highest BCUT2D eigenvalue weighted by Gasteiger charge is 2.17. The Bertz CT molecular complexity index is 448. The van der Waals surface area contributed by atoms with Gasteiger partial charge in [-0.3, -0.25) is 4.79 Å². The summed E-state index contributed by atoms with van der Waals surface area (Å²) in [5, 5.41) is 12.6. The Hall–Kier alpha value is -1.50. The zero-order valence-electron chi connectivity index (χ0n) is 15.8. The summed E-state index contributed by atoms with van der Waals surface area (Å²) in [6.45, 7) is 1.92. The quantitative estimate of drug-likeness (QED) is 0.597. The Balaban J connectivity index is 1.87. The third-order valence-electron chi connectivity index (χ3n) is 5.51. The van der Waals surface area contributed by atoms with Gasteiger partial charge in [0, 0.05) is 25.3 Å². The molecule has 1 heterocycles. The number of nitriles is 1. The van der Waals surface area contributed by atoms with Gasteiger partial charge < -0.3 is 10.2 Å². The summed E-state index contributed by atoms with van der Waals surface area (Å²) in [5.41, 5.74) is 0.271. The van der Waals surface area contributed by atoms with Crippen molar-refractivity contribution in [2.75, 3.05) is 13.1 Å². The number of piperidine rings is 1. The van der Waals surface area contributed by atoms with Crippen molar-refractivity contribution in [1.82, 2.24) is 10.2 Å². The third-order valence-corrected chi connectivity index (χ3v) is 5.51. The monoisotopic (exact) mass is 345 g/mol. The summed E-state index contributed by atoms with van der Waals surface area (Å²) >= 11 is 0. The van der Waals surface area contributed by atoms with Crippen LogP contribution in [0.3, 0.4) is 0 Å². The summed E-state index contributed by atoms with van der Waals surface area (Å²) < 4.78 is 0. The molecule has 1 saturated heterocycles. The summed E-state index contributed by atoms with van der Waals surface area (Å²) in [6, 6.07) is 2.34. The molecule has 1 aliphatic heterocycles. The lowest BCUT2D eigenvalue weighted by molar-refractivity contribution is -0.118. The lowest BCUT2D eigenvalue weighted by atomic mass is 9.97. The second kappa shape index (κ2) is 12.0. The van der Waals surface area contributed by atoms with Crippen molar-refractivity contribution in [1.29, 1.82) is 5.26 Å². The number of amides is 1. The van der Waals surface area contributed by atoms with E-state index in [4.69, 9.17) is 0 Å². The van der Waals surface area contributed by atoms with Gasteiger partial charge >= 0.3 is 0 Å². The first-order valence-electron chi connectivity index (χ1n) is 10.5. The van der Waals surface area contributed by atoms with Gasteiger partial charge in [0.25, 0.3) is 5.91 Å². The Morgan fingerprint density at radius 1 is 0.840 bits per heavy atom. The van der Waals surface area contributed by atoms with Crippen molar-refractivity contribution < 1.29 is 4.79 Å². The van der Waals surface area contributed by atoms with Crippen LogP contribution in [0.15, 0.2) is 11.8 Å². The van der Waals surface area contributed by atoms with Crippen molar-refractivity contribution in [2.24, 2.45) is 0 Å². The van der Waals surface area contributed by atoms with Gasteiger partial charge in [0.05, 0.1) is 0 Å². The first kappa shape index (κ1) is 19.8. The molecule has 1 amide bonds. The molecule has 2 rings (SSSR count). The zero-order valence-corrected chi connectivity index (χ0v) is 15.8.